The number of hydrogen-bond donors (Lipinski definition) is 1. The van der Waals surface area contributed by atoms with Crippen LogP contribution in [-0.2, 0) is 20.5 Å². The van der Waals surface area contributed by atoms with E-state index in [1.165, 1.54) is 0 Å². The van der Waals surface area contributed by atoms with E-state index in [1.807, 2.05) is 45.0 Å². The van der Waals surface area contributed by atoms with Crippen LogP contribution in [0.15, 0.2) is 29.2 Å². The Balaban J connectivity index is 1.89. The van der Waals surface area contributed by atoms with Gasteiger partial charge in [-0.1, -0.05) is 17.7 Å². The summed E-state index contributed by atoms with van der Waals surface area (Å²) in [5, 5.41) is 0. The quantitative estimate of drug-likeness (QED) is 0.908. The lowest BCUT2D eigenvalue weighted by Gasteiger charge is -2.35. The predicted molar refractivity (Wildman–Crippen MR) is 79.7 cm³/mol. The molecular formula is C15H23NO3S. The minimum Gasteiger partial charge on any atom is -0.350 e. The lowest BCUT2D eigenvalue weighted by Crippen LogP contribution is -2.43. The van der Waals surface area contributed by atoms with E-state index in [-0.39, 0.29) is 6.04 Å². The molecule has 1 saturated heterocycles. The van der Waals surface area contributed by atoms with Crippen LogP contribution in [0.5, 0.6) is 0 Å². The molecule has 0 saturated carbocycles. The van der Waals surface area contributed by atoms with Crippen molar-refractivity contribution in [2.45, 2.75) is 50.3 Å². The molecule has 2 atom stereocenters. The van der Waals surface area contributed by atoms with Crippen LogP contribution >= 0.6 is 0 Å². The van der Waals surface area contributed by atoms with Gasteiger partial charge in [0.15, 0.2) is 5.79 Å². The Labute approximate surface area is 123 Å². The number of benzene rings is 1. The van der Waals surface area contributed by atoms with E-state index >= 15 is 0 Å². The summed E-state index contributed by atoms with van der Waals surface area (Å²) in [5.74, 6) is -0.567. The van der Waals surface area contributed by atoms with E-state index in [0.29, 0.717) is 6.42 Å². The van der Waals surface area contributed by atoms with Crippen LogP contribution in [-0.4, -0.2) is 29.3 Å². The summed E-state index contributed by atoms with van der Waals surface area (Å²) < 4.78 is 26.7. The zero-order chi connectivity index (χ0) is 14.6. The molecule has 0 aromatic heterocycles. The molecule has 1 fully saturated rings. The van der Waals surface area contributed by atoms with Gasteiger partial charge < -0.3 is 9.47 Å². The fourth-order valence-corrected chi connectivity index (χ4v) is 3.27. The fraction of sp³-hybridized carbons (Fsp3) is 0.600. The predicted octanol–water partition coefficient (Wildman–Crippen LogP) is 2.54. The van der Waals surface area contributed by atoms with Gasteiger partial charge in [-0.25, -0.2) is 8.93 Å². The third-order valence-electron chi connectivity index (χ3n) is 3.32. The van der Waals surface area contributed by atoms with Gasteiger partial charge in [0.1, 0.15) is 11.0 Å². The van der Waals surface area contributed by atoms with E-state index in [4.69, 9.17) is 9.47 Å². The molecule has 1 aromatic carbocycles. The third kappa shape index (κ3) is 4.38. The smallest absolute Gasteiger partial charge is 0.167 e. The molecule has 1 heterocycles. The van der Waals surface area contributed by atoms with Crippen LogP contribution in [0.25, 0.3) is 0 Å². The first-order valence-electron chi connectivity index (χ1n) is 7.01. The first-order valence-corrected chi connectivity index (χ1v) is 8.16. The van der Waals surface area contributed by atoms with Gasteiger partial charge in [-0.15, -0.1) is 0 Å². The molecule has 4 nitrogen and oxygen atoms in total. The number of aryl methyl sites for hydroxylation is 1. The van der Waals surface area contributed by atoms with Crippen molar-refractivity contribution in [2.75, 3.05) is 13.2 Å². The molecule has 0 bridgehead atoms. The second kappa shape index (κ2) is 6.80. The van der Waals surface area contributed by atoms with Gasteiger partial charge >= 0.3 is 0 Å². The van der Waals surface area contributed by atoms with Crippen LogP contribution < -0.4 is 4.72 Å². The molecule has 1 aliphatic heterocycles. The fourth-order valence-electron chi connectivity index (χ4n) is 2.31. The van der Waals surface area contributed by atoms with Crippen molar-refractivity contribution < 1.29 is 13.7 Å². The molecule has 112 valence electrons. The van der Waals surface area contributed by atoms with Crippen molar-refractivity contribution in [3.05, 3.63) is 29.8 Å². The summed E-state index contributed by atoms with van der Waals surface area (Å²) in [6.07, 6.45) is 1.61. The molecule has 1 N–H and O–H groups in total. The Hall–Kier alpha value is -0.750. The summed E-state index contributed by atoms with van der Waals surface area (Å²) in [4.78, 5) is 0.790. The Morgan fingerprint density at radius 1 is 1.30 bits per heavy atom. The van der Waals surface area contributed by atoms with Crippen LogP contribution in [0.3, 0.4) is 0 Å². The van der Waals surface area contributed by atoms with Gasteiger partial charge in [0.25, 0.3) is 0 Å². The van der Waals surface area contributed by atoms with Gasteiger partial charge in [-0.2, -0.15) is 0 Å². The average molecular weight is 297 g/mol. The van der Waals surface area contributed by atoms with Gasteiger partial charge in [-0.3, -0.25) is 0 Å². The minimum absolute atomic E-state index is 0.0419. The summed E-state index contributed by atoms with van der Waals surface area (Å²) in [6, 6.07) is 7.75. The van der Waals surface area contributed by atoms with Crippen LogP contribution in [0, 0.1) is 6.92 Å². The normalized spacial score (nSPS) is 21.4. The molecule has 1 aromatic rings. The van der Waals surface area contributed by atoms with E-state index in [2.05, 4.69) is 4.72 Å². The number of nitrogens with one attached hydrogen (secondary N) is 1. The van der Waals surface area contributed by atoms with Crippen LogP contribution in [0.4, 0.5) is 0 Å². The van der Waals surface area contributed by atoms with Crippen molar-refractivity contribution >= 4 is 11.0 Å². The Bertz CT molecular complexity index is 455. The van der Waals surface area contributed by atoms with Gasteiger partial charge in [0, 0.05) is 12.5 Å². The number of hydrogen-bond acceptors (Lipinski definition) is 3. The van der Waals surface area contributed by atoms with E-state index in [0.717, 1.165) is 30.1 Å². The molecule has 0 radical (unpaired) electrons. The SMILES string of the molecule is Cc1ccc(S(=O)N[C@@H](C)CC2(C)OCCCO2)cc1. The second-order valence-corrected chi connectivity index (χ2v) is 6.73. The maximum Gasteiger partial charge on any atom is 0.167 e. The van der Waals surface area contributed by atoms with Gasteiger partial charge in [-0.05, 0) is 39.3 Å². The molecule has 20 heavy (non-hydrogen) atoms. The van der Waals surface area contributed by atoms with Crippen molar-refractivity contribution in [3.8, 4) is 0 Å². The average Bonchev–Trinajstić information content (AvgIpc) is 2.39. The van der Waals surface area contributed by atoms with Gasteiger partial charge in [0.05, 0.1) is 18.1 Å². The molecule has 1 aliphatic rings. The Kier molecular flexibility index (Phi) is 5.32. The topological polar surface area (TPSA) is 47.6 Å². The Morgan fingerprint density at radius 3 is 2.50 bits per heavy atom. The van der Waals surface area contributed by atoms with Crippen LogP contribution in [0.2, 0.25) is 0 Å². The third-order valence-corrected chi connectivity index (χ3v) is 4.64. The standard InChI is InChI=1S/C15H23NO3S/c1-12-5-7-14(8-6-12)20(17)16-13(2)11-15(3)18-9-4-10-19-15/h5-8,13,16H,4,9-11H2,1-3H3/t13-,20?/m0/s1. The first-order chi connectivity index (χ1) is 9.48. The number of rotatable bonds is 5. The van der Waals surface area contributed by atoms with Crippen molar-refractivity contribution in [2.24, 2.45) is 0 Å². The summed E-state index contributed by atoms with van der Waals surface area (Å²) in [7, 11) is -1.21. The van der Waals surface area contributed by atoms with Gasteiger partial charge in [0.2, 0.25) is 0 Å². The highest BCUT2D eigenvalue weighted by Gasteiger charge is 2.31. The number of ether oxygens (including phenoxy) is 2. The van der Waals surface area contributed by atoms with Crippen LogP contribution in [0.1, 0.15) is 32.3 Å². The lowest BCUT2D eigenvalue weighted by molar-refractivity contribution is -0.260. The molecular weight excluding hydrogens is 274 g/mol. The molecule has 0 spiro atoms. The molecule has 2 rings (SSSR count). The maximum atomic E-state index is 12.2. The highest BCUT2D eigenvalue weighted by Crippen LogP contribution is 2.24. The minimum atomic E-state index is -1.21. The van der Waals surface area contributed by atoms with E-state index in [1.54, 1.807) is 0 Å². The largest absolute Gasteiger partial charge is 0.350 e. The van der Waals surface area contributed by atoms with Crippen molar-refractivity contribution in [1.82, 2.24) is 4.72 Å². The second-order valence-electron chi connectivity index (χ2n) is 5.49. The lowest BCUT2D eigenvalue weighted by atomic mass is 10.1. The molecule has 0 aliphatic carbocycles. The first kappa shape index (κ1) is 15.6. The maximum absolute atomic E-state index is 12.2. The van der Waals surface area contributed by atoms with E-state index < -0.39 is 16.8 Å². The zero-order valence-corrected chi connectivity index (χ0v) is 13.2. The highest BCUT2D eigenvalue weighted by molar-refractivity contribution is 7.83. The van der Waals surface area contributed by atoms with Crippen molar-refractivity contribution in [1.29, 1.82) is 0 Å². The highest BCUT2D eigenvalue weighted by atomic mass is 32.2. The molecule has 1 unspecified atom stereocenters. The molecule has 0 amide bonds. The summed E-state index contributed by atoms with van der Waals surface area (Å²) >= 11 is 0. The Morgan fingerprint density at radius 2 is 1.90 bits per heavy atom. The summed E-state index contributed by atoms with van der Waals surface area (Å²) in [5.41, 5.74) is 1.16. The van der Waals surface area contributed by atoms with Crippen molar-refractivity contribution in [3.63, 3.8) is 0 Å². The molecule has 5 heteroatoms. The van der Waals surface area contributed by atoms with E-state index in [9.17, 15) is 4.21 Å². The zero-order valence-electron chi connectivity index (χ0n) is 12.3. The summed E-state index contributed by atoms with van der Waals surface area (Å²) in [6.45, 7) is 7.41. The monoisotopic (exact) mass is 297 g/mol.